The molecule has 26 heavy (non-hydrogen) atoms. The summed E-state index contributed by atoms with van der Waals surface area (Å²) < 4.78 is 51.0. The van der Waals surface area contributed by atoms with Crippen molar-refractivity contribution in [3.05, 3.63) is 77.7 Å². The number of halogens is 4. The average molecular weight is 361 g/mol. The van der Waals surface area contributed by atoms with Crippen LogP contribution >= 0.6 is 0 Å². The Morgan fingerprint density at radius 3 is 2.19 bits per heavy atom. The molecule has 1 aromatic heterocycles. The first kappa shape index (κ1) is 17.8. The van der Waals surface area contributed by atoms with E-state index in [1.165, 1.54) is 30.5 Å². The van der Waals surface area contributed by atoms with Crippen molar-refractivity contribution in [2.45, 2.75) is 19.1 Å². The number of rotatable bonds is 4. The molecule has 134 valence electrons. The molecule has 1 unspecified atom stereocenters. The maximum Gasteiger partial charge on any atom is 0.416 e. The Kier molecular flexibility index (Phi) is 4.88. The second kappa shape index (κ2) is 7.11. The Morgan fingerprint density at radius 1 is 0.923 bits per heavy atom. The summed E-state index contributed by atoms with van der Waals surface area (Å²) in [4.78, 5) is 8.47. The molecule has 0 saturated carbocycles. The summed E-state index contributed by atoms with van der Waals surface area (Å²) in [7, 11) is 0. The SMILES string of the molecule is CC(Nc1nccc(-c2ccc(C(F)(F)F)cc2)n1)c1ccc(F)cc1. The zero-order valence-corrected chi connectivity index (χ0v) is 13.8. The van der Waals surface area contributed by atoms with E-state index in [-0.39, 0.29) is 11.9 Å². The first-order chi connectivity index (χ1) is 12.3. The Labute approximate surface area is 147 Å². The van der Waals surface area contributed by atoms with Crippen LogP contribution in [0.4, 0.5) is 23.5 Å². The maximum absolute atomic E-state index is 13.0. The van der Waals surface area contributed by atoms with Crippen molar-refractivity contribution in [2.24, 2.45) is 0 Å². The van der Waals surface area contributed by atoms with Gasteiger partial charge in [-0.25, -0.2) is 14.4 Å². The van der Waals surface area contributed by atoms with Gasteiger partial charge in [0.15, 0.2) is 0 Å². The van der Waals surface area contributed by atoms with E-state index in [0.717, 1.165) is 17.7 Å². The number of nitrogens with one attached hydrogen (secondary N) is 1. The first-order valence-corrected chi connectivity index (χ1v) is 7.85. The van der Waals surface area contributed by atoms with E-state index >= 15 is 0 Å². The lowest BCUT2D eigenvalue weighted by molar-refractivity contribution is -0.137. The van der Waals surface area contributed by atoms with E-state index < -0.39 is 11.7 Å². The van der Waals surface area contributed by atoms with Crippen molar-refractivity contribution in [1.29, 1.82) is 0 Å². The molecule has 1 N–H and O–H groups in total. The number of nitrogens with zero attached hydrogens (tertiary/aromatic N) is 2. The number of alkyl halides is 3. The number of hydrogen-bond acceptors (Lipinski definition) is 3. The Morgan fingerprint density at radius 2 is 1.58 bits per heavy atom. The van der Waals surface area contributed by atoms with Crippen molar-refractivity contribution in [1.82, 2.24) is 9.97 Å². The van der Waals surface area contributed by atoms with Gasteiger partial charge in [-0.1, -0.05) is 24.3 Å². The van der Waals surface area contributed by atoms with Crippen molar-refractivity contribution in [3.63, 3.8) is 0 Å². The van der Waals surface area contributed by atoms with Crippen molar-refractivity contribution in [2.75, 3.05) is 5.32 Å². The lowest BCUT2D eigenvalue weighted by atomic mass is 10.1. The van der Waals surface area contributed by atoms with Gasteiger partial charge in [-0.2, -0.15) is 13.2 Å². The van der Waals surface area contributed by atoms with E-state index in [4.69, 9.17) is 0 Å². The number of hydrogen-bond donors (Lipinski definition) is 1. The van der Waals surface area contributed by atoms with Crippen LogP contribution in [0, 0.1) is 5.82 Å². The molecule has 0 radical (unpaired) electrons. The van der Waals surface area contributed by atoms with Crippen LogP contribution in [-0.2, 0) is 6.18 Å². The average Bonchev–Trinajstić information content (AvgIpc) is 2.62. The predicted octanol–water partition coefficient (Wildman–Crippen LogP) is 5.47. The molecule has 0 saturated heterocycles. The third-order valence-electron chi connectivity index (χ3n) is 3.88. The fraction of sp³-hybridized carbons (Fsp3) is 0.158. The summed E-state index contributed by atoms with van der Waals surface area (Å²) in [5, 5.41) is 3.10. The normalized spacial score (nSPS) is 12.7. The molecule has 3 aromatic rings. The summed E-state index contributed by atoms with van der Waals surface area (Å²) in [5.74, 6) is 0.0146. The summed E-state index contributed by atoms with van der Waals surface area (Å²) in [6.07, 6.45) is -2.85. The molecule has 1 heterocycles. The van der Waals surface area contributed by atoms with Gasteiger partial charge in [-0.3, -0.25) is 0 Å². The number of aromatic nitrogens is 2. The molecule has 0 aliphatic rings. The van der Waals surface area contributed by atoms with E-state index in [0.29, 0.717) is 17.2 Å². The number of benzene rings is 2. The fourth-order valence-electron chi connectivity index (χ4n) is 2.45. The quantitative estimate of drug-likeness (QED) is 0.626. The van der Waals surface area contributed by atoms with Crippen molar-refractivity contribution in [3.8, 4) is 11.3 Å². The minimum atomic E-state index is -4.37. The Balaban J connectivity index is 1.78. The van der Waals surface area contributed by atoms with Gasteiger partial charge in [0, 0.05) is 11.8 Å². The Hall–Kier alpha value is -2.96. The standard InChI is InChI=1S/C19H15F4N3/c1-12(13-4-8-16(20)9-5-13)25-18-24-11-10-17(26-18)14-2-6-15(7-3-14)19(21,22)23/h2-12H,1H3,(H,24,25,26). The van der Waals surface area contributed by atoms with Crippen LogP contribution in [0.5, 0.6) is 0 Å². The van der Waals surface area contributed by atoms with Gasteiger partial charge in [0.1, 0.15) is 5.82 Å². The van der Waals surface area contributed by atoms with E-state index in [9.17, 15) is 17.6 Å². The van der Waals surface area contributed by atoms with Crippen molar-refractivity contribution < 1.29 is 17.6 Å². The van der Waals surface area contributed by atoms with Gasteiger partial charge in [-0.15, -0.1) is 0 Å². The second-order valence-electron chi connectivity index (χ2n) is 5.76. The summed E-state index contributed by atoms with van der Waals surface area (Å²) in [6, 6.07) is 12.3. The molecule has 0 bridgehead atoms. The van der Waals surface area contributed by atoms with Crippen molar-refractivity contribution >= 4 is 5.95 Å². The highest BCUT2D eigenvalue weighted by Crippen LogP contribution is 2.30. The maximum atomic E-state index is 13.0. The van der Waals surface area contributed by atoms with Gasteiger partial charge in [0.25, 0.3) is 0 Å². The van der Waals surface area contributed by atoms with Crippen LogP contribution in [0.2, 0.25) is 0 Å². The molecule has 3 rings (SSSR count). The first-order valence-electron chi connectivity index (χ1n) is 7.85. The van der Waals surface area contributed by atoms with Crippen LogP contribution in [-0.4, -0.2) is 9.97 Å². The van der Waals surface area contributed by atoms with Gasteiger partial charge < -0.3 is 5.32 Å². The zero-order valence-electron chi connectivity index (χ0n) is 13.8. The molecule has 7 heteroatoms. The molecular formula is C19H15F4N3. The van der Waals surface area contributed by atoms with Crippen LogP contribution in [0.15, 0.2) is 60.8 Å². The summed E-state index contributed by atoms with van der Waals surface area (Å²) in [5.41, 5.74) is 1.20. The van der Waals surface area contributed by atoms with E-state index in [2.05, 4.69) is 15.3 Å². The highest BCUT2D eigenvalue weighted by atomic mass is 19.4. The molecule has 0 amide bonds. The van der Waals surface area contributed by atoms with Crippen LogP contribution in [0.1, 0.15) is 24.1 Å². The summed E-state index contributed by atoms with van der Waals surface area (Å²) in [6.45, 7) is 1.88. The third-order valence-corrected chi connectivity index (χ3v) is 3.88. The summed E-state index contributed by atoms with van der Waals surface area (Å²) >= 11 is 0. The predicted molar refractivity (Wildman–Crippen MR) is 90.9 cm³/mol. The molecule has 0 aliphatic carbocycles. The second-order valence-corrected chi connectivity index (χ2v) is 5.76. The van der Waals surface area contributed by atoms with Gasteiger partial charge in [0.2, 0.25) is 5.95 Å². The minimum absolute atomic E-state index is 0.168. The largest absolute Gasteiger partial charge is 0.416 e. The minimum Gasteiger partial charge on any atom is -0.348 e. The molecule has 0 aliphatic heterocycles. The highest BCUT2D eigenvalue weighted by molar-refractivity contribution is 5.60. The van der Waals surface area contributed by atoms with Gasteiger partial charge in [0.05, 0.1) is 17.3 Å². The fourth-order valence-corrected chi connectivity index (χ4v) is 2.45. The van der Waals surface area contributed by atoms with Crippen LogP contribution < -0.4 is 5.32 Å². The Bertz CT molecular complexity index is 875. The van der Waals surface area contributed by atoms with Gasteiger partial charge >= 0.3 is 6.18 Å². The molecular weight excluding hydrogens is 346 g/mol. The molecule has 0 spiro atoms. The molecule has 1 atom stereocenters. The lowest BCUT2D eigenvalue weighted by Gasteiger charge is -2.15. The molecule has 0 fully saturated rings. The third kappa shape index (κ3) is 4.17. The van der Waals surface area contributed by atoms with Crippen LogP contribution in [0.25, 0.3) is 11.3 Å². The smallest absolute Gasteiger partial charge is 0.348 e. The van der Waals surface area contributed by atoms with E-state index in [1.807, 2.05) is 6.92 Å². The molecule has 2 aromatic carbocycles. The van der Waals surface area contributed by atoms with E-state index in [1.54, 1.807) is 18.2 Å². The number of anilines is 1. The topological polar surface area (TPSA) is 37.8 Å². The highest BCUT2D eigenvalue weighted by Gasteiger charge is 2.30. The van der Waals surface area contributed by atoms with Crippen LogP contribution in [0.3, 0.4) is 0 Å². The lowest BCUT2D eigenvalue weighted by Crippen LogP contribution is -2.09. The van der Waals surface area contributed by atoms with Gasteiger partial charge in [-0.05, 0) is 42.8 Å². The molecule has 3 nitrogen and oxygen atoms in total. The monoisotopic (exact) mass is 361 g/mol. The zero-order chi connectivity index (χ0) is 18.7.